The van der Waals surface area contributed by atoms with Crippen molar-refractivity contribution >= 4 is 17.2 Å². The Kier molecular flexibility index (Phi) is 4.72. The van der Waals surface area contributed by atoms with Gasteiger partial charge in [0.15, 0.2) is 0 Å². The van der Waals surface area contributed by atoms with E-state index in [1.807, 2.05) is 0 Å². The number of carbonyl (C=O) groups excluding carboxylic acids is 1. The molecule has 1 saturated carbocycles. The normalized spacial score (nSPS) is 18.6. The predicted molar refractivity (Wildman–Crippen MR) is 73.5 cm³/mol. The molecule has 1 aromatic heterocycles. The van der Waals surface area contributed by atoms with E-state index in [1.54, 1.807) is 5.38 Å². The summed E-state index contributed by atoms with van der Waals surface area (Å²) in [6.45, 7) is 2.50. The molecule has 1 fully saturated rings. The SMILES string of the molecule is C[C@H](NC(=O)c1csc(CN)n1)C1CCCCC1. The highest BCUT2D eigenvalue weighted by atomic mass is 32.1. The quantitative estimate of drug-likeness (QED) is 0.879. The molecule has 0 unspecified atom stereocenters. The molecule has 1 heterocycles. The molecule has 1 aliphatic rings. The number of hydrogen-bond acceptors (Lipinski definition) is 4. The van der Waals surface area contributed by atoms with Gasteiger partial charge in [0.2, 0.25) is 0 Å². The van der Waals surface area contributed by atoms with Crippen molar-refractivity contribution in [3.05, 3.63) is 16.1 Å². The van der Waals surface area contributed by atoms with E-state index in [1.165, 1.54) is 43.4 Å². The second-order valence-electron chi connectivity index (χ2n) is 4.99. The standard InChI is InChI=1S/C13H21N3OS/c1-9(10-5-3-2-4-6-10)15-13(17)11-8-18-12(7-14)16-11/h8-10H,2-7,14H2,1H3,(H,15,17)/t9-/m0/s1. The largest absolute Gasteiger partial charge is 0.348 e. The summed E-state index contributed by atoms with van der Waals surface area (Å²) in [6, 6.07) is 0.237. The van der Waals surface area contributed by atoms with Gasteiger partial charge in [-0.05, 0) is 25.7 Å². The summed E-state index contributed by atoms with van der Waals surface area (Å²) in [4.78, 5) is 16.2. The Balaban J connectivity index is 1.89. The smallest absolute Gasteiger partial charge is 0.270 e. The van der Waals surface area contributed by atoms with Crippen molar-refractivity contribution in [3.8, 4) is 0 Å². The number of nitrogens with one attached hydrogen (secondary N) is 1. The third-order valence-corrected chi connectivity index (χ3v) is 4.55. The Labute approximate surface area is 112 Å². The molecule has 0 radical (unpaired) electrons. The minimum atomic E-state index is -0.0657. The summed E-state index contributed by atoms with van der Waals surface area (Å²) < 4.78 is 0. The number of nitrogens with zero attached hydrogens (tertiary/aromatic N) is 1. The zero-order valence-electron chi connectivity index (χ0n) is 10.8. The zero-order chi connectivity index (χ0) is 13.0. The third-order valence-electron chi connectivity index (χ3n) is 3.67. The molecule has 5 heteroatoms. The molecule has 4 nitrogen and oxygen atoms in total. The van der Waals surface area contributed by atoms with E-state index in [0.717, 1.165) is 5.01 Å². The average molecular weight is 267 g/mol. The fraction of sp³-hybridized carbons (Fsp3) is 0.692. The highest BCUT2D eigenvalue weighted by Crippen LogP contribution is 2.26. The molecule has 1 amide bonds. The van der Waals surface area contributed by atoms with Crippen LogP contribution in [0, 0.1) is 5.92 Å². The summed E-state index contributed by atoms with van der Waals surface area (Å²) in [5.74, 6) is 0.555. The Morgan fingerprint density at radius 3 is 2.89 bits per heavy atom. The van der Waals surface area contributed by atoms with Gasteiger partial charge in [-0.15, -0.1) is 11.3 Å². The first-order valence-corrected chi connectivity index (χ1v) is 7.54. The number of amides is 1. The van der Waals surface area contributed by atoms with Gasteiger partial charge in [-0.25, -0.2) is 4.98 Å². The van der Waals surface area contributed by atoms with Gasteiger partial charge in [0.05, 0.1) is 0 Å². The molecular formula is C13H21N3OS. The molecular weight excluding hydrogens is 246 g/mol. The van der Waals surface area contributed by atoms with Crippen molar-refractivity contribution in [2.24, 2.45) is 11.7 Å². The molecule has 3 N–H and O–H groups in total. The van der Waals surface area contributed by atoms with Crippen LogP contribution in [0.4, 0.5) is 0 Å². The average Bonchev–Trinajstić information content (AvgIpc) is 2.88. The maximum Gasteiger partial charge on any atom is 0.270 e. The fourth-order valence-electron chi connectivity index (χ4n) is 2.54. The minimum absolute atomic E-state index is 0.0657. The van der Waals surface area contributed by atoms with Crippen LogP contribution in [-0.2, 0) is 6.54 Å². The molecule has 0 aromatic carbocycles. The van der Waals surface area contributed by atoms with Crippen LogP contribution in [0.1, 0.15) is 54.5 Å². The number of carbonyl (C=O) groups is 1. The van der Waals surface area contributed by atoms with Crippen molar-refractivity contribution in [1.29, 1.82) is 0 Å². The van der Waals surface area contributed by atoms with Crippen molar-refractivity contribution in [3.63, 3.8) is 0 Å². The lowest BCUT2D eigenvalue weighted by molar-refractivity contribution is 0.0914. The van der Waals surface area contributed by atoms with Gasteiger partial charge < -0.3 is 11.1 Å². The fourth-order valence-corrected chi connectivity index (χ4v) is 3.20. The summed E-state index contributed by atoms with van der Waals surface area (Å²) in [7, 11) is 0. The van der Waals surface area contributed by atoms with Crippen molar-refractivity contribution in [2.75, 3.05) is 0 Å². The van der Waals surface area contributed by atoms with Crippen LogP contribution >= 0.6 is 11.3 Å². The van der Waals surface area contributed by atoms with E-state index >= 15 is 0 Å². The van der Waals surface area contributed by atoms with Gasteiger partial charge in [0, 0.05) is 18.0 Å². The Morgan fingerprint density at radius 2 is 2.28 bits per heavy atom. The van der Waals surface area contributed by atoms with Gasteiger partial charge in [-0.1, -0.05) is 19.3 Å². The van der Waals surface area contributed by atoms with E-state index in [0.29, 0.717) is 18.2 Å². The Bertz CT molecular complexity index is 399. The van der Waals surface area contributed by atoms with E-state index in [-0.39, 0.29) is 11.9 Å². The molecule has 1 aromatic rings. The highest BCUT2D eigenvalue weighted by Gasteiger charge is 2.22. The van der Waals surface area contributed by atoms with Crippen LogP contribution in [0.3, 0.4) is 0 Å². The van der Waals surface area contributed by atoms with Gasteiger partial charge in [0.1, 0.15) is 10.7 Å². The molecule has 0 saturated heterocycles. The van der Waals surface area contributed by atoms with Gasteiger partial charge in [0.25, 0.3) is 5.91 Å². The van der Waals surface area contributed by atoms with Crippen LogP contribution < -0.4 is 11.1 Å². The van der Waals surface area contributed by atoms with Crippen LogP contribution in [-0.4, -0.2) is 16.9 Å². The lowest BCUT2D eigenvalue weighted by Gasteiger charge is -2.28. The van der Waals surface area contributed by atoms with Gasteiger partial charge in [-0.2, -0.15) is 0 Å². The number of nitrogens with two attached hydrogens (primary N) is 1. The first kappa shape index (κ1) is 13.5. The second kappa shape index (κ2) is 6.29. The number of hydrogen-bond donors (Lipinski definition) is 2. The summed E-state index contributed by atoms with van der Waals surface area (Å²) in [5.41, 5.74) is 6.00. The van der Waals surface area contributed by atoms with Gasteiger partial charge in [-0.3, -0.25) is 4.79 Å². The molecule has 2 rings (SSSR count). The topological polar surface area (TPSA) is 68.0 Å². The minimum Gasteiger partial charge on any atom is -0.348 e. The second-order valence-corrected chi connectivity index (χ2v) is 5.93. The number of thiazole rings is 1. The van der Waals surface area contributed by atoms with Crippen LogP contribution in [0.5, 0.6) is 0 Å². The van der Waals surface area contributed by atoms with Crippen molar-refractivity contribution < 1.29 is 4.79 Å². The third kappa shape index (κ3) is 3.29. The van der Waals surface area contributed by atoms with Crippen LogP contribution in [0.2, 0.25) is 0 Å². The van der Waals surface area contributed by atoms with E-state index < -0.39 is 0 Å². The number of aromatic nitrogens is 1. The molecule has 1 atom stereocenters. The van der Waals surface area contributed by atoms with Crippen molar-refractivity contribution in [1.82, 2.24) is 10.3 Å². The Hall–Kier alpha value is -0.940. The molecule has 100 valence electrons. The summed E-state index contributed by atoms with van der Waals surface area (Å²) in [6.07, 6.45) is 6.38. The first-order chi connectivity index (χ1) is 8.70. The first-order valence-electron chi connectivity index (χ1n) is 6.66. The van der Waals surface area contributed by atoms with Crippen molar-refractivity contribution in [2.45, 2.75) is 51.6 Å². The molecule has 18 heavy (non-hydrogen) atoms. The van der Waals surface area contributed by atoms with Gasteiger partial charge >= 0.3 is 0 Å². The summed E-state index contributed by atoms with van der Waals surface area (Å²) in [5, 5.41) is 5.66. The van der Waals surface area contributed by atoms with E-state index in [2.05, 4.69) is 17.2 Å². The zero-order valence-corrected chi connectivity index (χ0v) is 11.6. The van der Waals surface area contributed by atoms with E-state index in [9.17, 15) is 4.79 Å². The monoisotopic (exact) mass is 267 g/mol. The molecule has 0 aliphatic heterocycles. The van der Waals surface area contributed by atoms with Crippen LogP contribution in [0.15, 0.2) is 5.38 Å². The molecule has 0 bridgehead atoms. The number of rotatable bonds is 4. The molecule has 1 aliphatic carbocycles. The Morgan fingerprint density at radius 1 is 1.56 bits per heavy atom. The van der Waals surface area contributed by atoms with E-state index in [4.69, 9.17) is 5.73 Å². The molecule has 0 spiro atoms. The van der Waals surface area contributed by atoms with Crippen LogP contribution in [0.25, 0.3) is 0 Å². The predicted octanol–water partition coefficient (Wildman–Crippen LogP) is 2.30. The lowest BCUT2D eigenvalue weighted by Crippen LogP contribution is -2.39. The summed E-state index contributed by atoms with van der Waals surface area (Å²) >= 11 is 1.44. The maximum absolute atomic E-state index is 12.0. The highest BCUT2D eigenvalue weighted by molar-refractivity contribution is 7.09. The lowest BCUT2D eigenvalue weighted by atomic mass is 9.84. The maximum atomic E-state index is 12.0.